The van der Waals surface area contributed by atoms with Gasteiger partial charge in [0.25, 0.3) is 0 Å². The van der Waals surface area contributed by atoms with Crippen molar-refractivity contribution in [1.82, 2.24) is 5.32 Å². The number of nitrogens with one attached hydrogen (secondary N) is 1. The highest BCUT2D eigenvalue weighted by Gasteiger charge is 2.40. The first-order valence-corrected chi connectivity index (χ1v) is 6.82. The number of ether oxygens (including phenoxy) is 1. The number of carbonyl (C=O) groups is 1. The number of hydrogen-bond donors (Lipinski definition) is 2. The van der Waals surface area contributed by atoms with Crippen molar-refractivity contribution in [3.63, 3.8) is 0 Å². The zero-order valence-electron chi connectivity index (χ0n) is 11.4. The number of nitrogens with two attached hydrogens (primary N) is 1. The summed E-state index contributed by atoms with van der Waals surface area (Å²) in [6, 6.07) is 8.09. The second-order valence-corrected chi connectivity index (χ2v) is 5.15. The molecule has 1 saturated carbocycles. The Bertz CT molecular complexity index is 442. The molecule has 0 radical (unpaired) electrons. The van der Waals surface area contributed by atoms with Gasteiger partial charge in [-0.2, -0.15) is 0 Å². The Morgan fingerprint density at radius 1 is 1.42 bits per heavy atom. The van der Waals surface area contributed by atoms with Gasteiger partial charge < -0.3 is 15.8 Å². The lowest BCUT2D eigenvalue weighted by Crippen LogP contribution is -2.46. The second-order valence-electron chi connectivity index (χ2n) is 5.15. The molecule has 1 aliphatic rings. The zero-order valence-corrected chi connectivity index (χ0v) is 11.4. The lowest BCUT2D eigenvalue weighted by Gasteiger charge is -2.43. The monoisotopic (exact) mass is 262 g/mol. The van der Waals surface area contributed by atoms with Gasteiger partial charge in [0.1, 0.15) is 5.75 Å². The fourth-order valence-corrected chi connectivity index (χ4v) is 2.71. The Balaban J connectivity index is 2.11. The highest BCUT2D eigenvalue weighted by molar-refractivity contribution is 5.76. The van der Waals surface area contributed by atoms with Crippen LogP contribution in [0.2, 0.25) is 0 Å². The quantitative estimate of drug-likeness (QED) is 0.818. The van der Waals surface area contributed by atoms with Crippen molar-refractivity contribution < 1.29 is 9.53 Å². The van der Waals surface area contributed by atoms with Crippen LogP contribution in [0.4, 0.5) is 0 Å². The Morgan fingerprint density at radius 3 is 2.74 bits per heavy atom. The molecular weight excluding hydrogens is 240 g/mol. The molecule has 1 aromatic rings. The van der Waals surface area contributed by atoms with Crippen molar-refractivity contribution in [2.45, 2.75) is 31.1 Å². The molecule has 1 aromatic carbocycles. The number of hydrogen-bond acceptors (Lipinski definition) is 3. The number of rotatable bonds is 6. The zero-order chi connectivity index (χ0) is 13.7. The third kappa shape index (κ3) is 2.89. The van der Waals surface area contributed by atoms with Crippen molar-refractivity contribution in [3.8, 4) is 5.75 Å². The largest absolute Gasteiger partial charge is 0.496 e. The average molecular weight is 262 g/mol. The van der Waals surface area contributed by atoms with E-state index < -0.39 is 0 Å². The molecule has 3 N–H and O–H groups in total. The average Bonchev–Trinajstić information content (AvgIpc) is 2.38. The Hall–Kier alpha value is -1.55. The Kier molecular flexibility index (Phi) is 4.43. The third-order valence-corrected chi connectivity index (χ3v) is 3.98. The molecule has 0 aromatic heterocycles. The summed E-state index contributed by atoms with van der Waals surface area (Å²) in [5.41, 5.74) is 6.64. The first-order valence-electron chi connectivity index (χ1n) is 6.82. The van der Waals surface area contributed by atoms with E-state index in [4.69, 9.17) is 10.5 Å². The summed E-state index contributed by atoms with van der Waals surface area (Å²) in [4.78, 5) is 11.6. The fourth-order valence-electron chi connectivity index (χ4n) is 2.71. The van der Waals surface area contributed by atoms with Crippen LogP contribution in [0.1, 0.15) is 31.2 Å². The van der Waals surface area contributed by atoms with Crippen LogP contribution in [0.5, 0.6) is 5.75 Å². The topological polar surface area (TPSA) is 64.3 Å². The maximum Gasteiger partial charge on any atom is 0.221 e. The molecule has 4 heteroatoms. The van der Waals surface area contributed by atoms with Crippen LogP contribution < -0.4 is 15.8 Å². The summed E-state index contributed by atoms with van der Waals surface area (Å²) in [6.07, 6.45) is 3.78. The van der Waals surface area contributed by atoms with Gasteiger partial charge in [-0.15, -0.1) is 0 Å². The first-order chi connectivity index (χ1) is 9.22. The summed E-state index contributed by atoms with van der Waals surface area (Å²) in [6.45, 7) is 1.07. The standard InChI is InChI=1S/C15H22N2O2/c1-19-13-6-3-2-5-12(13)15(8-4-9-15)11-17-14(18)7-10-16/h2-3,5-6H,4,7-11,16H2,1H3,(H,17,18). The maximum absolute atomic E-state index is 11.6. The molecule has 0 aliphatic heterocycles. The van der Waals surface area contributed by atoms with E-state index in [0.29, 0.717) is 19.5 Å². The summed E-state index contributed by atoms with van der Waals surface area (Å²) < 4.78 is 5.45. The summed E-state index contributed by atoms with van der Waals surface area (Å²) in [5.74, 6) is 0.943. The molecule has 19 heavy (non-hydrogen) atoms. The predicted molar refractivity (Wildman–Crippen MR) is 75.2 cm³/mol. The highest BCUT2D eigenvalue weighted by Crippen LogP contribution is 2.46. The molecule has 0 bridgehead atoms. The van der Waals surface area contributed by atoms with Gasteiger partial charge in [-0.25, -0.2) is 0 Å². The molecule has 0 saturated heterocycles. The predicted octanol–water partition coefficient (Wildman–Crippen LogP) is 1.58. The van der Waals surface area contributed by atoms with Crippen LogP contribution in [0.3, 0.4) is 0 Å². The number of benzene rings is 1. The second kappa shape index (κ2) is 6.06. The van der Waals surface area contributed by atoms with Gasteiger partial charge in [-0.1, -0.05) is 24.6 Å². The molecule has 2 rings (SSSR count). The fraction of sp³-hybridized carbons (Fsp3) is 0.533. The molecule has 104 valence electrons. The van der Waals surface area contributed by atoms with Gasteiger partial charge in [-0.3, -0.25) is 4.79 Å². The van der Waals surface area contributed by atoms with Crippen molar-refractivity contribution in [1.29, 1.82) is 0 Å². The van der Waals surface area contributed by atoms with Gasteiger partial charge in [0.15, 0.2) is 0 Å². The van der Waals surface area contributed by atoms with Gasteiger partial charge in [0.2, 0.25) is 5.91 Å². The molecule has 0 atom stereocenters. The van der Waals surface area contributed by atoms with Gasteiger partial charge in [0, 0.05) is 30.5 Å². The number of para-hydroxylation sites is 1. The summed E-state index contributed by atoms with van der Waals surface area (Å²) in [7, 11) is 1.69. The minimum atomic E-state index is 0.0312. The first kappa shape index (κ1) is 13.9. The van der Waals surface area contributed by atoms with Crippen LogP contribution in [-0.4, -0.2) is 26.1 Å². The molecule has 1 fully saturated rings. The normalized spacial score (nSPS) is 16.5. The van der Waals surface area contributed by atoms with E-state index in [2.05, 4.69) is 11.4 Å². The van der Waals surface area contributed by atoms with E-state index in [1.165, 1.54) is 12.0 Å². The van der Waals surface area contributed by atoms with E-state index in [-0.39, 0.29) is 11.3 Å². The van der Waals surface area contributed by atoms with Gasteiger partial charge >= 0.3 is 0 Å². The van der Waals surface area contributed by atoms with Gasteiger partial charge in [0.05, 0.1) is 7.11 Å². The van der Waals surface area contributed by atoms with Crippen LogP contribution in [0.15, 0.2) is 24.3 Å². The van der Waals surface area contributed by atoms with Crippen LogP contribution >= 0.6 is 0 Å². The minimum Gasteiger partial charge on any atom is -0.496 e. The van der Waals surface area contributed by atoms with Gasteiger partial charge in [-0.05, 0) is 18.9 Å². The molecule has 1 aliphatic carbocycles. The van der Waals surface area contributed by atoms with E-state index in [1.54, 1.807) is 7.11 Å². The lowest BCUT2D eigenvalue weighted by molar-refractivity contribution is -0.121. The number of carbonyl (C=O) groups excluding carboxylic acids is 1. The van der Waals surface area contributed by atoms with E-state index >= 15 is 0 Å². The maximum atomic E-state index is 11.6. The molecule has 4 nitrogen and oxygen atoms in total. The van der Waals surface area contributed by atoms with E-state index in [1.807, 2.05) is 18.2 Å². The Labute approximate surface area is 114 Å². The molecule has 0 heterocycles. The van der Waals surface area contributed by atoms with Crippen LogP contribution in [0.25, 0.3) is 0 Å². The lowest BCUT2D eigenvalue weighted by atomic mass is 9.64. The summed E-state index contributed by atoms with van der Waals surface area (Å²) >= 11 is 0. The van der Waals surface area contributed by atoms with E-state index in [0.717, 1.165) is 18.6 Å². The van der Waals surface area contributed by atoms with Crippen molar-refractivity contribution in [3.05, 3.63) is 29.8 Å². The van der Waals surface area contributed by atoms with E-state index in [9.17, 15) is 4.79 Å². The van der Waals surface area contributed by atoms with Crippen molar-refractivity contribution in [2.24, 2.45) is 5.73 Å². The highest BCUT2D eigenvalue weighted by atomic mass is 16.5. The third-order valence-electron chi connectivity index (χ3n) is 3.98. The van der Waals surface area contributed by atoms with Crippen LogP contribution in [0, 0.1) is 0 Å². The minimum absolute atomic E-state index is 0.0312. The summed E-state index contributed by atoms with van der Waals surface area (Å²) in [5, 5.41) is 3.00. The SMILES string of the molecule is COc1ccccc1C1(CNC(=O)CCN)CCC1. The molecule has 0 spiro atoms. The Morgan fingerprint density at radius 2 is 2.16 bits per heavy atom. The molecule has 0 unspecified atom stereocenters. The van der Waals surface area contributed by atoms with Crippen molar-refractivity contribution in [2.75, 3.05) is 20.2 Å². The van der Waals surface area contributed by atoms with Crippen molar-refractivity contribution >= 4 is 5.91 Å². The molecule has 1 amide bonds. The number of methoxy groups -OCH3 is 1. The van der Waals surface area contributed by atoms with Crippen LogP contribution in [-0.2, 0) is 10.2 Å². The number of amides is 1. The molecular formula is C15H22N2O2. The smallest absolute Gasteiger partial charge is 0.221 e.